The van der Waals surface area contributed by atoms with Gasteiger partial charge in [0.1, 0.15) is 6.10 Å². The van der Waals surface area contributed by atoms with Crippen LogP contribution in [0.1, 0.15) is 71.4 Å². The molecular weight excluding hydrogens is 701 g/mol. The second-order valence-electron chi connectivity index (χ2n) is 15.3. The van der Waals surface area contributed by atoms with E-state index in [0.29, 0.717) is 36.1 Å². The van der Waals surface area contributed by atoms with Crippen LogP contribution in [0.15, 0.2) is 132 Å². The summed E-state index contributed by atoms with van der Waals surface area (Å²) in [4.78, 5) is 7.67. The molecular formula is C47H52N4O3S. The van der Waals surface area contributed by atoms with E-state index in [4.69, 9.17) is 0 Å². The molecule has 8 heteroatoms. The minimum Gasteiger partial charge on any atom is -0.382 e. The Labute approximate surface area is 326 Å². The average molecular weight is 753 g/mol. The molecule has 3 heterocycles. The molecule has 0 amide bonds. The van der Waals surface area contributed by atoms with Gasteiger partial charge in [0.25, 0.3) is 10.0 Å². The van der Waals surface area contributed by atoms with Gasteiger partial charge in [-0.2, -0.15) is 0 Å². The predicted molar refractivity (Wildman–Crippen MR) is 223 cm³/mol. The molecule has 1 saturated heterocycles. The number of anilines is 1. The molecule has 1 N–H and O–H groups in total. The summed E-state index contributed by atoms with van der Waals surface area (Å²) in [6.07, 6.45) is 0.442. The van der Waals surface area contributed by atoms with E-state index in [-0.39, 0.29) is 4.90 Å². The molecule has 1 aromatic heterocycles. The van der Waals surface area contributed by atoms with Gasteiger partial charge < -0.3 is 14.9 Å². The summed E-state index contributed by atoms with van der Waals surface area (Å²) >= 11 is 0. The summed E-state index contributed by atoms with van der Waals surface area (Å²) < 4.78 is 31.2. The third-order valence-corrected chi connectivity index (χ3v) is 13.6. The Balaban J connectivity index is 1.25. The first-order valence-corrected chi connectivity index (χ1v) is 21.3. The highest BCUT2D eigenvalue weighted by Crippen LogP contribution is 2.47. The van der Waals surface area contributed by atoms with Crippen LogP contribution in [0.5, 0.6) is 0 Å². The van der Waals surface area contributed by atoms with E-state index < -0.39 is 16.1 Å². The van der Waals surface area contributed by atoms with Gasteiger partial charge in [0.2, 0.25) is 0 Å². The number of aliphatic hydroxyl groups excluding tert-OH is 1. The fraction of sp³-hybridized carbons (Fsp3) is 0.319. The number of hydrogen-bond donors (Lipinski definition) is 1. The number of rotatable bonds is 13. The lowest BCUT2D eigenvalue weighted by Crippen LogP contribution is -2.48. The van der Waals surface area contributed by atoms with E-state index in [1.807, 2.05) is 61.5 Å². The summed E-state index contributed by atoms with van der Waals surface area (Å²) in [6, 6.07) is 42.5. The van der Waals surface area contributed by atoms with Crippen molar-refractivity contribution in [2.24, 2.45) is 0 Å². The first-order chi connectivity index (χ1) is 26.8. The molecule has 3 atom stereocenters. The number of para-hydroxylation sites is 1. The predicted octanol–water partition coefficient (Wildman–Crippen LogP) is 8.53. The number of piperidine rings is 1. The zero-order valence-corrected chi connectivity index (χ0v) is 33.0. The van der Waals surface area contributed by atoms with E-state index in [9.17, 15) is 13.5 Å². The number of likely N-dealkylation sites (tertiary alicyclic amines) is 1. The van der Waals surface area contributed by atoms with Gasteiger partial charge in [0.15, 0.2) is 0 Å². The minimum absolute atomic E-state index is 0.201. The van der Waals surface area contributed by atoms with Crippen molar-refractivity contribution in [3.05, 3.63) is 166 Å². The molecule has 55 heavy (non-hydrogen) atoms. The van der Waals surface area contributed by atoms with Gasteiger partial charge in [-0.1, -0.05) is 116 Å². The molecule has 5 aromatic carbocycles. The summed E-state index contributed by atoms with van der Waals surface area (Å²) in [5.74, 6) is 0.371. The number of aryl methyl sites for hydroxylation is 1. The van der Waals surface area contributed by atoms with Crippen LogP contribution in [0.25, 0.3) is 10.9 Å². The highest BCUT2D eigenvalue weighted by atomic mass is 32.2. The standard InChI is InChI=1S/C47H52N4O3S/c1-4-48-28-26-40-42-30-37(22-25-43(42)50(5-2)45(40)33-48)47(52)46-41(27-29-49(31-35-14-8-6-9-15-35)32-36-16-10-7-11-17-36)39-18-12-13-19-44(39)51(46)55(53,54)38-23-20-34(3)21-24-38/h6-25,30,40,45,47,52H,4-5,26-29,31-33H2,1-3H3. The first kappa shape index (κ1) is 37.2. The Morgan fingerprint density at radius 2 is 1.45 bits per heavy atom. The molecule has 1 fully saturated rings. The number of nitrogens with zero attached hydrogens (tertiary/aromatic N) is 4. The fourth-order valence-corrected chi connectivity index (χ4v) is 10.7. The van der Waals surface area contributed by atoms with Crippen LogP contribution in [0.4, 0.5) is 5.69 Å². The normalized spacial score (nSPS) is 17.8. The Morgan fingerprint density at radius 1 is 0.800 bits per heavy atom. The number of aliphatic hydroxyl groups is 1. The Morgan fingerprint density at radius 3 is 2.11 bits per heavy atom. The highest BCUT2D eigenvalue weighted by molar-refractivity contribution is 7.90. The lowest BCUT2D eigenvalue weighted by atomic mass is 9.86. The van der Waals surface area contributed by atoms with Crippen LogP contribution in [0.2, 0.25) is 0 Å². The molecule has 7 nitrogen and oxygen atoms in total. The van der Waals surface area contributed by atoms with Crippen molar-refractivity contribution in [3.63, 3.8) is 0 Å². The van der Waals surface area contributed by atoms with E-state index in [1.165, 1.54) is 26.4 Å². The molecule has 0 bridgehead atoms. The van der Waals surface area contributed by atoms with Crippen molar-refractivity contribution in [1.29, 1.82) is 0 Å². The second-order valence-corrected chi connectivity index (χ2v) is 17.0. The molecule has 0 spiro atoms. The highest BCUT2D eigenvalue weighted by Gasteiger charge is 2.41. The summed E-state index contributed by atoms with van der Waals surface area (Å²) in [5.41, 5.74) is 8.49. The van der Waals surface area contributed by atoms with Crippen LogP contribution in [0.3, 0.4) is 0 Å². The molecule has 2 aliphatic heterocycles. The van der Waals surface area contributed by atoms with Crippen LogP contribution in [0, 0.1) is 6.92 Å². The van der Waals surface area contributed by atoms with Crippen molar-refractivity contribution in [2.45, 2.75) is 69.7 Å². The molecule has 0 radical (unpaired) electrons. The zero-order chi connectivity index (χ0) is 38.1. The molecule has 8 rings (SSSR count). The number of likely N-dealkylation sites (N-methyl/N-ethyl adjacent to an activating group) is 2. The Bertz CT molecular complexity index is 2320. The summed E-state index contributed by atoms with van der Waals surface area (Å²) in [7, 11) is -4.10. The van der Waals surface area contributed by atoms with Gasteiger partial charge >= 0.3 is 0 Å². The Kier molecular flexibility index (Phi) is 10.7. The molecule has 6 aromatic rings. The van der Waals surface area contributed by atoms with E-state index in [1.54, 1.807) is 12.1 Å². The van der Waals surface area contributed by atoms with Crippen molar-refractivity contribution in [3.8, 4) is 0 Å². The maximum absolute atomic E-state index is 14.9. The van der Waals surface area contributed by atoms with E-state index >= 15 is 0 Å². The maximum atomic E-state index is 14.9. The third-order valence-electron chi connectivity index (χ3n) is 11.9. The lowest BCUT2D eigenvalue weighted by Gasteiger charge is -2.38. The van der Waals surface area contributed by atoms with Crippen LogP contribution < -0.4 is 4.90 Å². The Hall–Kier alpha value is -4.73. The maximum Gasteiger partial charge on any atom is 0.268 e. The molecule has 284 valence electrons. The van der Waals surface area contributed by atoms with Gasteiger partial charge in [-0.15, -0.1) is 0 Å². The monoisotopic (exact) mass is 752 g/mol. The SMILES string of the molecule is CCN1CCC2c3cc(C(O)c4c(CCN(Cc5ccccc5)Cc5ccccc5)c5ccccc5n4S(=O)(=O)c4ccc(C)cc4)ccc3N(CC)C2C1. The third kappa shape index (κ3) is 7.25. The van der Waals surface area contributed by atoms with Crippen LogP contribution in [-0.2, 0) is 29.5 Å². The summed E-state index contributed by atoms with van der Waals surface area (Å²) in [5, 5.41) is 13.6. The molecule has 3 unspecified atom stereocenters. The molecule has 2 aliphatic rings. The molecule has 0 aliphatic carbocycles. The number of aromatic nitrogens is 1. The van der Waals surface area contributed by atoms with Crippen LogP contribution >= 0.6 is 0 Å². The number of benzene rings is 5. The zero-order valence-electron chi connectivity index (χ0n) is 32.2. The number of fused-ring (bicyclic) bond motifs is 4. The van der Waals surface area contributed by atoms with Gasteiger partial charge in [0, 0.05) is 55.8 Å². The van der Waals surface area contributed by atoms with Gasteiger partial charge in [-0.05, 0) is 91.9 Å². The van der Waals surface area contributed by atoms with Crippen molar-refractivity contribution >= 4 is 26.6 Å². The quantitative estimate of drug-likeness (QED) is 0.128. The van der Waals surface area contributed by atoms with Gasteiger partial charge in [0.05, 0.1) is 16.1 Å². The van der Waals surface area contributed by atoms with Gasteiger partial charge in [-0.25, -0.2) is 12.4 Å². The van der Waals surface area contributed by atoms with E-state index in [0.717, 1.165) is 67.8 Å². The van der Waals surface area contributed by atoms with Crippen LogP contribution in [-0.4, -0.2) is 66.1 Å². The topological polar surface area (TPSA) is 69.0 Å². The smallest absolute Gasteiger partial charge is 0.268 e. The fourth-order valence-electron chi connectivity index (χ4n) is 9.08. The van der Waals surface area contributed by atoms with Crippen molar-refractivity contribution < 1.29 is 13.5 Å². The number of hydrogen-bond acceptors (Lipinski definition) is 6. The summed E-state index contributed by atoms with van der Waals surface area (Å²) in [6.45, 7) is 12.6. The first-order valence-electron chi connectivity index (χ1n) is 19.8. The van der Waals surface area contributed by atoms with E-state index in [2.05, 4.69) is 89.2 Å². The largest absolute Gasteiger partial charge is 0.382 e. The lowest BCUT2D eigenvalue weighted by molar-refractivity contribution is 0.201. The van der Waals surface area contributed by atoms with Crippen molar-refractivity contribution in [2.75, 3.05) is 37.6 Å². The van der Waals surface area contributed by atoms with Gasteiger partial charge in [-0.3, -0.25) is 4.90 Å². The molecule has 0 saturated carbocycles. The minimum atomic E-state index is -4.10. The average Bonchev–Trinajstić information content (AvgIpc) is 3.72. The second kappa shape index (κ2) is 15.8. The van der Waals surface area contributed by atoms with Crippen molar-refractivity contribution in [1.82, 2.24) is 13.8 Å².